The molecule has 0 aromatic heterocycles. The molecule has 1 saturated heterocycles. The Hall–Kier alpha value is -1.07. The summed E-state index contributed by atoms with van der Waals surface area (Å²) in [6.07, 6.45) is 0.597. The van der Waals surface area contributed by atoms with Crippen LogP contribution in [0.25, 0.3) is 0 Å². The number of primary amides is 1. The van der Waals surface area contributed by atoms with Gasteiger partial charge in [0.15, 0.2) is 0 Å². The molecular formula is C13H14BrClN2O2. The van der Waals surface area contributed by atoms with E-state index in [9.17, 15) is 9.59 Å². The minimum Gasteiger partial charge on any atom is -0.369 e. The highest BCUT2D eigenvalue weighted by atomic mass is 79.9. The number of hydrogen-bond donors (Lipinski definition) is 1. The van der Waals surface area contributed by atoms with E-state index < -0.39 is 5.41 Å². The van der Waals surface area contributed by atoms with Gasteiger partial charge in [-0.1, -0.05) is 11.6 Å². The Balaban J connectivity index is 2.20. The second-order valence-corrected chi connectivity index (χ2v) is 6.32. The Morgan fingerprint density at radius 1 is 1.47 bits per heavy atom. The summed E-state index contributed by atoms with van der Waals surface area (Å²) >= 11 is 9.18. The Labute approximate surface area is 125 Å². The smallest absolute Gasteiger partial charge is 0.255 e. The SMILES string of the molecule is CC1(C(N)=O)CCN(C(=O)c2ccc(Cl)cc2Br)C1. The van der Waals surface area contributed by atoms with Crippen LogP contribution in [0.1, 0.15) is 23.7 Å². The molecule has 102 valence electrons. The zero-order chi connectivity index (χ0) is 14.2. The van der Waals surface area contributed by atoms with Crippen LogP contribution in [0.5, 0.6) is 0 Å². The van der Waals surface area contributed by atoms with Crippen LogP contribution in [0.2, 0.25) is 5.02 Å². The van der Waals surface area contributed by atoms with Crippen molar-refractivity contribution in [2.75, 3.05) is 13.1 Å². The lowest BCUT2D eigenvalue weighted by atomic mass is 9.89. The summed E-state index contributed by atoms with van der Waals surface area (Å²) in [5.41, 5.74) is 5.29. The van der Waals surface area contributed by atoms with Crippen LogP contribution in [0.15, 0.2) is 22.7 Å². The minimum atomic E-state index is -0.630. The maximum absolute atomic E-state index is 12.4. The van der Waals surface area contributed by atoms with Crippen molar-refractivity contribution in [2.45, 2.75) is 13.3 Å². The van der Waals surface area contributed by atoms with E-state index >= 15 is 0 Å². The third kappa shape index (κ3) is 2.77. The predicted molar refractivity (Wildman–Crippen MR) is 77.0 cm³/mol. The first-order valence-corrected chi connectivity index (χ1v) is 7.05. The minimum absolute atomic E-state index is 0.117. The number of likely N-dealkylation sites (tertiary alicyclic amines) is 1. The number of halogens is 2. The fourth-order valence-corrected chi connectivity index (χ4v) is 3.02. The lowest BCUT2D eigenvalue weighted by Gasteiger charge is -2.21. The van der Waals surface area contributed by atoms with Crippen LogP contribution in [0.3, 0.4) is 0 Å². The second-order valence-electron chi connectivity index (χ2n) is 5.03. The summed E-state index contributed by atoms with van der Waals surface area (Å²) in [5, 5.41) is 0.562. The number of rotatable bonds is 2. The molecule has 2 amide bonds. The molecule has 1 aromatic carbocycles. The molecule has 2 N–H and O–H groups in total. The molecule has 1 fully saturated rings. The zero-order valence-corrected chi connectivity index (χ0v) is 12.8. The first kappa shape index (κ1) is 14.3. The number of nitrogens with zero attached hydrogens (tertiary/aromatic N) is 1. The Morgan fingerprint density at radius 2 is 2.16 bits per heavy atom. The van der Waals surface area contributed by atoms with Crippen molar-refractivity contribution in [1.82, 2.24) is 4.90 Å². The average molecular weight is 346 g/mol. The normalized spacial score (nSPS) is 22.6. The molecule has 1 unspecified atom stereocenters. The maximum Gasteiger partial charge on any atom is 0.255 e. The fraction of sp³-hybridized carbons (Fsp3) is 0.385. The number of carbonyl (C=O) groups excluding carboxylic acids is 2. The van der Waals surface area contributed by atoms with Crippen molar-refractivity contribution < 1.29 is 9.59 Å². The molecule has 1 heterocycles. The van der Waals surface area contributed by atoms with Gasteiger partial charge < -0.3 is 10.6 Å². The third-order valence-corrected chi connectivity index (χ3v) is 4.41. The lowest BCUT2D eigenvalue weighted by molar-refractivity contribution is -0.126. The van der Waals surface area contributed by atoms with E-state index in [0.717, 1.165) is 0 Å². The van der Waals surface area contributed by atoms with E-state index in [4.69, 9.17) is 17.3 Å². The van der Waals surface area contributed by atoms with E-state index in [1.807, 2.05) is 0 Å². The summed E-state index contributed by atoms with van der Waals surface area (Å²) < 4.78 is 0.651. The Bertz CT molecular complexity index is 549. The van der Waals surface area contributed by atoms with Crippen molar-refractivity contribution in [3.63, 3.8) is 0 Å². The van der Waals surface area contributed by atoms with Gasteiger partial charge in [-0.25, -0.2) is 0 Å². The predicted octanol–water partition coefficient (Wildman–Crippen LogP) is 2.44. The summed E-state index contributed by atoms with van der Waals surface area (Å²) in [6, 6.07) is 5.02. The summed E-state index contributed by atoms with van der Waals surface area (Å²) in [6.45, 7) is 2.68. The fourth-order valence-electron chi connectivity index (χ4n) is 2.17. The van der Waals surface area contributed by atoms with Gasteiger partial charge in [0.1, 0.15) is 0 Å². The molecule has 6 heteroatoms. The highest BCUT2D eigenvalue weighted by molar-refractivity contribution is 9.10. The van der Waals surface area contributed by atoms with Gasteiger partial charge in [0.25, 0.3) is 5.91 Å². The quantitative estimate of drug-likeness (QED) is 0.895. The van der Waals surface area contributed by atoms with Crippen molar-refractivity contribution in [3.8, 4) is 0 Å². The largest absolute Gasteiger partial charge is 0.369 e. The van der Waals surface area contributed by atoms with Gasteiger partial charge in [0.2, 0.25) is 5.91 Å². The van der Waals surface area contributed by atoms with Gasteiger partial charge in [-0.3, -0.25) is 9.59 Å². The molecule has 19 heavy (non-hydrogen) atoms. The molecule has 1 aromatic rings. The molecule has 2 rings (SSSR count). The van der Waals surface area contributed by atoms with Crippen molar-refractivity contribution >= 4 is 39.3 Å². The molecule has 1 aliphatic rings. The molecule has 1 atom stereocenters. The molecule has 0 radical (unpaired) electrons. The van der Waals surface area contributed by atoms with Gasteiger partial charge in [0.05, 0.1) is 11.0 Å². The van der Waals surface area contributed by atoms with Gasteiger partial charge in [-0.15, -0.1) is 0 Å². The van der Waals surface area contributed by atoms with E-state index in [2.05, 4.69) is 15.9 Å². The first-order chi connectivity index (χ1) is 8.83. The number of benzene rings is 1. The van der Waals surface area contributed by atoms with Gasteiger partial charge in [-0.05, 0) is 47.5 Å². The summed E-state index contributed by atoms with van der Waals surface area (Å²) in [7, 11) is 0. The van der Waals surface area contributed by atoms with E-state index in [1.54, 1.807) is 30.0 Å². The molecule has 0 saturated carbocycles. The van der Waals surface area contributed by atoms with Crippen molar-refractivity contribution in [3.05, 3.63) is 33.3 Å². The molecule has 1 aliphatic heterocycles. The van der Waals surface area contributed by atoms with Crippen LogP contribution in [0.4, 0.5) is 0 Å². The van der Waals surface area contributed by atoms with Crippen molar-refractivity contribution in [2.24, 2.45) is 11.1 Å². The van der Waals surface area contributed by atoms with Crippen molar-refractivity contribution in [1.29, 1.82) is 0 Å². The molecule has 0 bridgehead atoms. The standard InChI is InChI=1S/C13H14BrClN2O2/c1-13(12(16)19)4-5-17(7-13)11(18)9-3-2-8(15)6-10(9)14/h2-3,6H,4-5,7H2,1H3,(H2,16,19). The van der Waals surface area contributed by atoms with Crippen LogP contribution in [-0.4, -0.2) is 29.8 Å². The van der Waals surface area contributed by atoms with Crippen LogP contribution >= 0.6 is 27.5 Å². The van der Waals surface area contributed by atoms with Gasteiger partial charge in [0, 0.05) is 22.6 Å². The third-order valence-electron chi connectivity index (χ3n) is 3.52. The number of nitrogens with two attached hydrogens (primary N) is 1. The molecule has 4 nitrogen and oxygen atoms in total. The van der Waals surface area contributed by atoms with Crippen LogP contribution in [0, 0.1) is 5.41 Å². The van der Waals surface area contributed by atoms with Gasteiger partial charge >= 0.3 is 0 Å². The second kappa shape index (κ2) is 5.13. The number of carbonyl (C=O) groups is 2. The summed E-state index contributed by atoms with van der Waals surface area (Å²) in [5.74, 6) is -0.480. The maximum atomic E-state index is 12.4. The van der Waals surface area contributed by atoms with Crippen LogP contribution in [-0.2, 0) is 4.79 Å². The highest BCUT2D eigenvalue weighted by Crippen LogP contribution is 2.31. The van der Waals surface area contributed by atoms with E-state index in [0.29, 0.717) is 34.6 Å². The monoisotopic (exact) mass is 344 g/mol. The van der Waals surface area contributed by atoms with Crippen LogP contribution < -0.4 is 5.73 Å². The summed E-state index contributed by atoms with van der Waals surface area (Å²) in [4.78, 5) is 25.4. The topological polar surface area (TPSA) is 63.4 Å². The zero-order valence-electron chi connectivity index (χ0n) is 10.5. The first-order valence-electron chi connectivity index (χ1n) is 5.88. The molecular weight excluding hydrogens is 332 g/mol. The van der Waals surface area contributed by atoms with Gasteiger partial charge in [-0.2, -0.15) is 0 Å². The lowest BCUT2D eigenvalue weighted by Crippen LogP contribution is -2.38. The number of amides is 2. The van der Waals surface area contributed by atoms with E-state index in [-0.39, 0.29) is 11.8 Å². The molecule has 0 spiro atoms. The highest BCUT2D eigenvalue weighted by Gasteiger charge is 2.41. The average Bonchev–Trinajstić information content (AvgIpc) is 2.73. The number of hydrogen-bond acceptors (Lipinski definition) is 2. The van der Waals surface area contributed by atoms with E-state index in [1.165, 1.54) is 0 Å². The molecule has 0 aliphatic carbocycles. The Kier molecular flexibility index (Phi) is 3.87. The Morgan fingerprint density at radius 3 is 2.68 bits per heavy atom.